The van der Waals surface area contributed by atoms with Crippen molar-refractivity contribution in [1.82, 2.24) is 15.5 Å². The Labute approximate surface area is 288 Å². The maximum atomic E-state index is 14.6. The molecule has 1 heterocycles. The molecular formula is C41H45N3O5. The van der Waals surface area contributed by atoms with Gasteiger partial charge in [0.25, 0.3) is 0 Å². The summed E-state index contributed by atoms with van der Waals surface area (Å²) in [6.07, 6.45) is 2.71. The van der Waals surface area contributed by atoms with E-state index in [4.69, 9.17) is 9.47 Å². The van der Waals surface area contributed by atoms with Crippen LogP contribution in [-0.4, -0.2) is 40.5 Å². The van der Waals surface area contributed by atoms with Crippen LogP contribution in [0.2, 0.25) is 0 Å². The Morgan fingerprint density at radius 3 is 2.22 bits per heavy atom. The number of carbonyl (C=O) groups is 3. The Bertz CT molecular complexity index is 1770. The quantitative estimate of drug-likeness (QED) is 0.205. The molecule has 0 saturated heterocycles. The summed E-state index contributed by atoms with van der Waals surface area (Å²) in [5.41, 5.74) is 5.55. The number of carbonyl (C=O) groups excluding carboxylic acids is 3. The summed E-state index contributed by atoms with van der Waals surface area (Å²) < 4.78 is 11.5. The van der Waals surface area contributed by atoms with Crippen molar-refractivity contribution in [2.75, 3.05) is 0 Å². The predicted octanol–water partition coefficient (Wildman–Crippen LogP) is 6.85. The van der Waals surface area contributed by atoms with E-state index in [0.717, 1.165) is 47.1 Å². The molecule has 6 rings (SSSR count). The summed E-state index contributed by atoms with van der Waals surface area (Å²) in [4.78, 5) is 43.5. The zero-order valence-corrected chi connectivity index (χ0v) is 28.5. The van der Waals surface area contributed by atoms with Gasteiger partial charge in [0.05, 0.1) is 6.04 Å². The van der Waals surface area contributed by atoms with Gasteiger partial charge in [-0.05, 0) is 85.5 Å². The van der Waals surface area contributed by atoms with E-state index < -0.39 is 23.8 Å². The highest BCUT2D eigenvalue weighted by atomic mass is 16.6. The summed E-state index contributed by atoms with van der Waals surface area (Å²) >= 11 is 0. The van der Waals surface area contributed by atoms with E-state index in [1.807, 2.05) is 91.0 Å². The summed E-state index contributed by atoms with van der Waals surface area (Å²) in [6, 6.07) is 31.8. The van der Waals surface area contributed by atoms with Crippen LogP contribution in [0, 0.1) is 0 Å². The van der Waals surface area contributed by atoms with E-state index in [1.54, 1.807) is 25.7 Å². The molecule has 254 valence electrons. The van der Waals surface area contributed by atoms with E-state index >= 15 is 0 Å². The zero-order valence-electron chi connectivity index (χ0n) is 28.5. The highest BCUT2D eigenvalue weighted by molar-refractivity contribution is 5.92. The lowest BCUT2D eigenvalue weighted by molar-refractivity contribution is -0.143. The highest BCUT2D eigenvalue weighted by Crippen LogP contribution is 2.31. The fraction of sp³-hybridized carbons (Fsp3) is 0.341. The van der Waals surface area contributed by atoms with Crippen molar-refractivity contribution in [3.63, 3.8) is 0 Å². The van der Waals surface area contributed by atoms with Gasteiger partial charge in [-0.2, -0.15) is 0 Å². The number of alkyl carbamates (subject to hydrolysis) is 1. The van der Waals surface area contributed by atoms with Gasteiger partial charge in [0.15, 0.2) is 0 Å². The number of hydrogen-bond acceptors (Lipinski definition) is 5. The summed E-state index contributed by atoms with van der Waals surface area (Å²) in [5.74, 6) is 0.165. The second-order valence-corrected chi connectivity index (χ2v) is 13.9. The largest absolute Gasteiger partial charge is 0.489 e. The molecule has 3 atom stereocenters. The normalized spacial score (nSPS) is 17.6. The van der Waals surface area contributed by atoms with Gasteiger partial charge in [0.1, 0.15) is 30.0 Å². The predicted molar refractivity (Wildman–Crippen MR) is 189 cm³/mol. The van der Waals surface area contributed by atoms with Crippen LogP contribution in [0.4, 0.5) is 4.79 Å². The molecule has 0 fully saturated rings. The van der Waals surface area contributed by atoms with E-state index in [0.29, 0.717) is 18.8 Å². The van der Waals surface area contributed by atoms with E-state index in [2.05, 4.69) is 22.8 Å². The maximum absolute atomic E-state index is 14.6. The van der Waals surface area contributed by atoms with Crippen LogP contribution < -0.4 is 15.4 Å². The van der Waals surface area contributed by atoms with Crippen LogP contribution in [-0.2, 0) is 46.7 Å². The number of rotatable bonds is 9. The summed E-state index contributed by atoms with van der Waals surface area (Å²) in [5, 5.41) is 6.14. The molecular weight excluding hydrogens is 614 g/mol. The molecule has 8 heteroatoms. The minimum absolute atomic E-state index is 0.120. The Kier molecular flexibility index (Phi) is 10.3. The molecule has 2 aliphatic rings. The van der Waals surface area contributed by atoms with Gasteiger partial charge in [-0.15, -0.1) is 0 Å². The van der Waals surface area contributed by atoms with Crippen molar-refractivity contribution in [3.8, 4) is 5.75 Å². The first-order valence-electron chi connectivity index (χ1n) is 17.1. The van der Waals surface area contributed by atoms with E-state index in [9.17, 15) is 14.4 Å². The third kappa shape index (κ3) is 8.68. The Morgan fingerprint density at radius 2 is 1.49 bits per heavy atom. The molecule has 4 aromatic carbocycles. The first kappa shape index (κ1) is 33.8. The first-order chi connectivity index (χ1) is 23.6. The van der Waals surface area contributed by atoms with Crippen LogP contribution in [0.3, 0.4) is 0 Å². The van der Waals surface area contributed by atoms with Crippen molar-refractivity contribution in [2.45, 2.75) is 89.8 Å². The van der Waals surface area contributed by atoms with Gasteiger partial charge in [-0.3, -0.25) is 9.59 Å². The van der Waals surface area contributed by atoms with E-state index in [1.165, 1.54) is 5.56 Å². The molecule has 0 radical (unpaired) electrons. The molecule has 0 bridgehead atoms. The zero-order chi connectivity index (χ0) is 34.4. The number of hydrogen-bond donors (Lipinski definition) is 2. The minimum Gasteiger partial charge on any atom is -0.489 e. The molecule has 0 saturated carbocycles. The van der Waals surface area contributed by atoms with Gasteiger partial charge in [0, 0.05) is 19.4 Å². The second-order valence-electron chi connectivity index (χ2n) is 13.9. The second kappa shape index (κ2) is 15.0. The number of amides is 3. The number of nitrogens with zero attached hydrogens (tertiary/aromatic N) is 1. The SMILES string of the molecule is CC(C)(C)OC(=O)N[C@@H](Cc1ccc(OCc2ccccc2)cc1)C(=O)N1Cc2ccccc2C[C@H]1C(=O)N[C@@H]1CCCc2ccccc21. The summed E-state index contributed by atoms with van der Waals surface area (Å²) in [7, 11) is 0. The molecule has 8 nitrogen and oxygen atoms in total. The number of benzene rings is 4. The average Bonchev–Trinajstić information content (AvgIpc) is 3.10. The van der Waals surface area contributed by atoms with Crippen LogP contribution in [0.15, 0.2) is 103 Å². The molecule has 0 unspecified atom stereocenters. The van der Waals surface area contributed by atoms with E-state index in [-0.39, 0.29) is 30.8 Å². The number of fused-ring (bicyclic) bond motifs is 2. The third-order valence-corrected chi connectivity index (χ3v) is 9.12. The van der Waals surface area contributed by atoms with Crippen molar-refractivity contribution >= 4 is 17.9 Å². The lowest BCUT2D eigenvalue weighted by Gasteiger charge is -2.39. The standard InChI is InChI=1S/C41H45N3O5/c1-41(2,3)49-40(47)43-36(24-28-20-22-33(23-21-28)48-27-29-12-5-4-6-13-29)39(46)44-26-32-16-8-7-15-31(32)25-37(44)38(45)42-35-19-11-17-30-14-9-10-18-34(30)35/h4-10,12-16,18,20-23,35-37H,11,17,19,24-27H2,1-3H3,(H,42,45)(H,43,47)/t35-,36+,37+/m1/s1. The Morgan fingerprint density at radius 1 is 0.816 bits per heavy atom. The third-order valence-electron chi connectivity index (χ3n) is 9.12. The van der Waals surface area contributed by atoms with Gasteiger partial charge in [-0.1, -0.05) is 91.0 Å². The molecule has 3 amide bonds. The van der Waals surface area contributed by atoms with Crippen LogP contribution in [0.1, 0.15) is 73.0 Å². The molecule has 4 aromatic rings. The topological polar surface area (TPSA) is 97.0 Å². The molecule has 0 aromatic heterocycles. The number of nitrogens with one attached hydrogen (secondary N) is 2. The van der Waals surface area contributed by atoms with Crippen molar-refractivity contribution in [2.24, 2.45) is 0 Å². The Balaban J connectivity index is 1.24. The molecule has 0 spiro atoms. The number of aryl methyl sites for hydroxylation is 1. The summed E-state index contributed by atoms with van der Waals surface area (Å²) in [6.45, 7) is 6.04. The first-order valence-corrected chi connectivity index (χ1v) is 17.1. The minimum atomic E-state index is -0.970. The van der Waals surface area contributed by atoms with Crippen LogP contribution >= 0.6 is 0 Å². The van der Waals surface area contributed by atoms with Crippen molar-refractivity contribution in [3.05, 3.63) is 137 Å². The fourth-order valence-electron chi connectivity index (χ4n) is 6.71. The number of ether oxygens (including phenoxy) is 2. The van der Waals surface area contributed by atoms with Crippen molar-refractivity contribution < 1.29 is 23.9 Å². The molecule has 2 N–H and O–H groups in total. The Hall–Kier alpha value is -5.11. The molecule has 1 aliphatic heterocycles. The van der Waals surface area contributed by atoms with Crippen molar-refractivity contribution in [1.29, 1.82) is 0 Å². The lowest BCUT2D eigenvalue weighted by Crippen LogP contribution is -2.58. The van der Waals surface area contributed by atoms with Crippen LogP contribution in [0.5, 0.6) is 5.75 Å². The average molecular weight is 660 g/mol. The van der Waals surface area contributed by atoms with Gasteiger partial charge in [0.2, 0.25) is 11.8 Å². The lowest BCUT2D eigenvalue weighted by atomic mass is 9.87. The van der Waals surface area contributed by atoms with Gasteiger partial charge < -0.3 is 25.0 Å². The monoisotopic (exact) mass is 659 g/mol. The smallest absolute Gasteiger partial charge is 0.408 e. The van der Waals surface area contributed by atoms with Gasteiger partial charge in [-0.25, -0.2) is 4.79 Å². The van der Waals surface area contributed by atoms with Gasteiger partial charge >= 0.3 is 6.09 Å². The maximum Gasteiger partial charge on any atom is 0.408 e. The fourth-order valence-corrected chi connectivity index (χ4v) is 6.71. The molecule has 49 heavy (non-hydrogen) atoms. The molecule has 1 aliphatic carbocycles. The highest BCUT2D eigenvalue weighted by Gasteiger charge is 2.39. The van der Waals surface area contributed by atoms with Crippen LogP contribution in [0.25, 0.3) is 0 Å².